The number of hydrogen-bond donors (Lipinski definition) is 4. The molecule has 7 nitrogen and oxygen atoms in total. The number of hydrogen-bond acceptors (Lipinski definition) is 7. The fraction of sp³-hybridized carbons (Fsp3) is 0.462. The number of fused-ring (bicyclic) bond motifs is 1. The van der Waals surface area contributed by atoms with Crippen molar-refractivity contribution >= 4 is 5.97 Å². The smallest absolute Gasteiger partial charge is 0.305 e. The summed E-state index contributed by atoms with van der Waals surface area (Å²) < 4.78 is 10.2. The molecule has 1 atom stereocenters. The van der Waals surface area contributed by atoms with Gasteiger partial charge in [-0.15, -0.1) is 0 Å². The molecular weight excluding hydrogens is 262 g/mol. The standard InChI is InChI=1S/C10H10O4.3CH5N/c1-6(11)14-10-9-3-2-8(12)4-7(9)5-13-10;3*1-2/h2-4,10,12H,5H2,1H3;3*2H2,1H3. The van der Waals surface area contributed by atoms with Gasteiger partial charge in [0.1, 0.15) is 5.75 Å². The van der Waals surface area contributed by atoms with Gasteiger partial charge in [0.05, 0.1) is 6.61 Å². The molecule has 0 aromatic heterocycles. The van der Waals surface area contributed by atoms with Crippen LogP contribution in [0.15, 0.2) is 18.2 Å². The van der Waals surface area contributed by atoms with Crippen LogP contribution >= 0.6 is 0 Å². The summed E-state index contributed by atoms with van der Waals surface area (Å²) in [4.78, 5) is 10.7. The van der Waals surface area contributed by atoms with Gasteiger partial charge in [0.25, 0.3) is 0 Å². The van der Waals surface area contributed by atoms with Crippen LogP contribution in [0.3, 0.4) is 0 Å². The summed E-state index contributed by atoms with van der Waals surface area (Å²) in [6, 6.07) is 4.86. The minimum absolute atomic E-state index is 0.191. The van der Waals surface area contributed by atoms with E-state index in [-0.39, 0.29) is 11.7 Å². The van der Waals surface area contributed by atoms with Crippen LogP contribution in [0.5, 0.6) is 5.75 Å². The van der Waals surface area contributed by atoms with Crippen molar-refractivity contribution in [1.29, 1.82) is 0 Å². The van der Waals surface area contributed by atoms with Crippen molar-refractivity contribution in [1.82, 2.24) is 0 Å². The maximum absolute atomic E-state index is 10.7. The zero-order chi connectivity index (χ0) is 16.1. The first-order valence-electron chi connectivity index (χ1n) is 6.00. The number of rotatable bonds is 1. The van der Waals surface area contributed by atoms with Crippen molar-refractivity contribution in [2.75, 3.05) is 21.1 Å². The zero-order valence-electron chi connectivity index (χ0n) is 12.4. The number of aromatic hydroxyl groups is 1. The molecule has 1 aliphatic rings. The third-order valence-electron chi connectivity index (χ3n) is 2.04. The number of phenols is 1. The van der Waals surface area contributed by atoms with Gasteiger partial charge in [-0.25, -0.2) is 0 Å². The molecule has 0 spiro atoms. The molecule has 0 amide bonds. The average Bonchev–Trinajstić information content (AvgIpc) is 2.87. The van der Waals surface area contributed by atoms with Crippen molar-refractivity contribution in [2.24, 2.45) is 17.2 Å². The van der Waals surface area contributed by atoms with E-state index >= 15 is 0 Å². The molecule has 7 N–H and O–H groups in total. The summed E-state index contributed by atoms with van der Waals surface area (Å²) in [5.74, 6) is -0.188. The number of carbonyl (C=O) groups is 1. The van der Waals surface area contributed by atoms with Crippen LogP contribution < -0.4 is 17.2 Å². The third kappa shape index (κ3) is 6.48. The van der Waals surface area contributed by atoms with Crippen LogP contribution in [-0.4, -0.2) is 32.2 Å². The average molecular weight is 287 g/mol. The fourth-order valence-corrected chi connectivity index (χ4v) is 1.45. The normalized spacial score (nSPS) is 14.2. The molecule has 1 aromatic carbocycles. The maximum atomic E-state index is 10.7. The molecule has 0 fully saturated rings. The Hall–Kier alpha value is -1.67. The lowest BCUT2D eigenvalue weighted by Crippen LogP contribution is -2.06. The predicted molar refractivity (Wildman–Crippen MR) is 77.7 cm³/mol. The van der Waals surface area contributed by atoms with E-state index in [1.165, 1.54) is 28.1 Å². The van der Waals surface area contributed by atoms with E-state index < -0.39 is 6.29 Å². The lowest BCUT2D eigenvalue weighted by molar-refractivity contribution is -0.175. The topological polar surface area (TPSA) is 134 Å². The Labute approximate surface area is 119 Å². The molecule has 0 saturated carbocycles. The number of carbonyl (C=O) groups excluding carboxylic acids is 1. The lowest BCUT2D eigenvalue weighted by atomic mass is 10.1. The molecular formula is C13H25N3O4. The molecule has 20 heavy (non-hydrogen) atoms. The molecule has 2 rings (SSSR count). The van der Waals surface area contributed by atoms with E-state index in [0.717, 1.165) is 11.1 Å². The highest BCUT2D eigenvalue weighted by Gasteiger charge is 2.25. The fourth-order valence-electron chi connectivity index (χ4n) is 1.45. The van der Waals surface area contributed by atoms with E-state index in [9.17, 15) is 9.90 Å². The van der Waals surface area contributed by atoms with Crippen molar-refractivity contribution < 1.29 is 19.4 Å². The second-order valence-electron chi connectivity index (χ2n) is 3.14. The van der Waals surface area contributed by atoms with Gasteiger partial charge in [0.15, 0.2) is 0 Å². The highest BCUT2D eigenvalue weighted by molar-refractivity contribution is 5.66. The number of ether oxygens (including phenoxy) is 2. The monoisotopic (exact) mass is 287 g/mol. The van der Waals surface area contributed by atoms with Crippen molar-refractivity contribution in [3.8, 4) is 5.75 Å². The van der Waals surface area contributed by atoms with Gasteiger partial charge in [0.2, 0.25) is 6.29 Å². The third-order valence-corrected chi connectivity index (χ3v) is 2.04. The quantitative estimate of drug-likeness (QED) is 0.542. The Morgan fingerprint density at radius 1 is 1.25 bits per heavy atom. The molecule has 0 bridgehead atoms. The van der Waals surface area contributed by atoms with Crippen LogP contribution in [0.4, 0.5) is 0 Å². The molecule has 1 unspecified atom stereocenters. The van der Waals surface area contributed by atoms with Gasteiger partial charge in [-0.3, -0.25) is 4.79 Å². The largest absolute Gasteiger partial charge is 0.508 e. The molecule has 0 aliphatic carbocycles. The summed E-state index contributed by atoms with van der Waals surface area (Å²) in [7, 11) is 4.50. The Kier molecular flexibility index (Phi) is 12.8. The second kappa shape index (κ2) is 12.4. The second-order valence-corrected chi connectivity index (χ2v) is 3.14. The molecule has 0 radical (unpaired) electrons. The van der Waals surface area contributed by atoms with E-state index in [4.69, 9.17) is 9.47 Å². The summed E-state index contributed by atoms with van der Waals surface area (Å²) in [6.45, 7) is 1.70. The Balaban J connectivity index is 0. The summed E-state index contributed by atoms with van der Waals surface area (Å²) >= 11 is 0. The highest BCUT2D eigenvalue weighted by atomic mass is 16.7. The van der Waals surface area contributed by atoms with Crippen LogP contribution in [0.1, 0.15) is 24.3 Å². The lowest BCUT2D eigenvalue weighted by Gasteiger charge is -2.10. The minimum Gasteiger partial charge on any atom is -0.508 e. The number of benzene rings is 1. The summed E-state index contributed by atoms with van der Waals surface area (Å²) in [5.41, 5.74) is 15.2. The van der Waals surface area contributed by atoms with Gasteiger partial charge in [-0.1, -0.05) is 0 Å². The number of nitrogens with two attached hydrogens (primary N) is 3. The first-order valence-corrected chi connectivity index (χ1v) is 6.00. The Morgan fingerprint density at radius 2 is 1.80 bits per heavy atom. The Morgan fingerprint density at radius 3 is 2.30 bits per heavy atom. The van der Waals surface area contributed by atoms with E-state index in [1.54, 1.807) is 18.2 Å². The number of phenolic OH excluding ortho intramolecular Hbond substituents is 1. The van der Waals surface area contributed by atoms with E-state index in [1.807, 2.05) is 0 Å². The van der Waals surface area contributed by atoms with Gasteiger partial charge in [0, 0.05) is 12.5 Å². The molecule has 1 aliphatic heterocycles. The van der Waals surface area contributed by atoms with Crippen LogP contribution in [0.25, 0.3) is 0 Å². The summed E-state index contributed by atoms with van der Waals surface area (Å²) in [5, 5.41) is 9.20. The van der Waals surface area contributed by atoms with Crippen LogP contribution in [0.2, 0.25) is 0 Å². The van der Waals surface area contributed by atoms with Gasteiger partial charge >= 0.3 is 5.97 Å². The van der Waals surface area contributed by atoms with E-state index in [2.05, 4.69) is 17.2 Å². The Bertz CT molecular complexity index is 386. The maximum Gasteiger partial charge on any atom is 0.305 e. The predicted octanol–water partition coefficient (Wildman–Crippen LogP) is 0.209. The minimum atomic E-state index is -0.622. The zero-order valence-corrected chi connectivity index (χ0v) is 12.4. The first kappa shape index (κ1) is 20.6. The van der Waals surface area contributed by atoms with Crippen LogP contribution in [-0.2, 0) is 20.9 Å². The molecule has 7 heteroatoms. The van der Waals surface area contributed by atoms with Crippen molar-refractivity contribution in [3.05, 3.63) is 29.3 Å². The van der Waals surface area contributed by atoms with Crippen molar-refractivity contribution in [3.63, 3.8) is 0 Å². The molecule has 116 valence electrons. The van der Waals surface area contributed by atoms with Crippen LogP contribution in [0, 0.1) is 0 Å². The SMILES string of the molecule is CC(=O)OC1OCc2cc(O)ccc21.CN.CN.CN. The van der Waals surface area contributed by atoms with E-state index in [0.29, 0.717) is 6.61 Å². The van der Waals surface area contributed by atoms with Gasteiger partial charge < -0.3 is 31.8 Å². The first-order chi connectivity index (χ1) is 9.66. The van der Waals surface area contributed by atoms with Gasteiger partial charge in [-0.2, -0.15) is 0 Å². The highest BCUT2D eigenvalue weighted by Crippen LogP contribution is 2.33. The van der Waals surface area contributed by atoms with Gasteiger partial charge in [-0.05, 0) is 44.9 Å². The molecule has 1 heterocycles. The number of esters is 1. The molecule has 1 aromatic rings. The molecule has 0 saturated heterocycles. The summed E-state index contributed by atoms with van der Waals surface area (Å²) in [6.07, 6.45) is -0.622. The van der Waals surface area contributed by atoms with Crippen molar-refractivity contribution in [2.45, 2.75) is 19.8 Å².